The maximum absolute atomic E-state index is 10.9. The Labute approximate surface area is 80.9 Å². The molecule has 7 nitrogen and oxygen atoms in total. The third kappa shape index (κ3) is 6.35. The molecule has 2 amide bonds. The highest BCUT2D eigenvalue weighted by molar-refractivity contribution is 5.82. The summed E-state index contributed by atoms with van der Waals surface area (Å²) in [7, 11) is 0. The van der Waals surface area contributed by atoms with Crippen LogP contribution in [0.5, 0.6) is 0 Å². The lowest BCUT2D eigenvalue weighted by atomic mass is 10.3. The van der Waals surface area contributed by atoms with Crippen LogP contribution in [0, 0.1) is 0 Å². The number of hydrogen-bond acceptors (Lipinski definition) is 5. The maximum atomic E-state index is 10.9. The first-order valence-corrected chi connectivity index (χ1v) is 4.16. The number of hydrogen-bond donors (Lipinski definition) is 4. The van der Waals surface area contributed by atoms with Crippen LogP contribution in [-0.4, -0.2) is 45.7 Å². The molecule has 0 heterocycles. The first kappa shape index (κ1) is 12.8. The Morgan fingerprint density at radius 1 is 1.21 bits per heavy atom. The van der Waals surface area contributed by atoms with Gasteiger partial charge in [-0.1, -0.05) is 5.23 Å². The van der Waals surface area contributed by atoms with Gasteiger partial charge in [0.15, 0.2) is 0 Å². The van der Waals surface area contributed by atoms with Crippen LogP contribution in [0.15, 0.2) is 0 Å². The summed E-state index contributed by atoms with van der Waals surface area (Å²) in [5.74, 6) is -1.31. The Morgan fingerprint density at radius 3 is 2.36 bits per heavy atom. The predicted molar refractivity (Wildman–Crippen MR) is 44.4 cm³/mol. The minimum atomic E-state index is -0.942. The third-order valence-electron chi connectivity index (χ3n) is 1.45. The Hall–Kier alpha value is -1.18. The molecular weight excluding hydrogens is 192 g/mol. The van der Waals surface area contributed by atoms with Crippen molar-refractivity contribution in [2.75, 3.05) is 13.2 Å². The average molecular weight is 206 g/mol. The number of aliphatic hydroxyl groups is 1. The van der Waals surface area contributed by atoms with E-state index >= 15 is 0 Å². The molecule has 0 aromatic carbocycles. The van der Waals surface area contributed by atoms with Gasteiger partial charge in [-0.25, -0.2) is 0 Å². The number of nitrogens with one attached hydrogen (secondary N) is 1. The summed E-state index contributed by atoms with van der Waals surface area (Å²) in [5.41, 5.74) is 0. The van der Waals surface area contributed by atoms with Gasteiger partial charge >= 0.3 is 0 Å². The van der Waals surface area contributed by atoms with Crippen molar-refractivity contribution >= 4 is 11.8 Å². The third-order valence-corrected chi connectivity index (χ3v) is 1.45. The van der Waals surface area contributed by atoms with Gasteiger partial charge in [-0.3, -0.25) is 20.0 Å². The molecule has 0 saturated heterocycles. The fraction of sp³-hybridized carbons (Fsp3) is 0.714. The second kappa shape index (κ2) is 7.25. The van der Waals surface area contributed by atoms with Gasteiger partial charge in [0, 0.05) is 26.0 Å². The maximum Gasteiger partial charge on any atom is 0.273 e. The highest BCUT2D eigenvalue weighted by Gasteiger charge is 2.10. The number of carbonyl (C=O) groups is 2. The van der Waals surface area contributed by atoms with Crippen molar-refractivity contribution in [3.05, 3.63) is 0 Å². The molecule has 0 unspecified atom stereocenters. The van der Waals surface area contributed by atoms with E-state index in [1.807, 2.05) is 0 Å². The first-order valence-electron chi connectivity index (χ1n) is 4.16. The lowest BCUT2D eigenvalue weighted by Crippen LogP contribution is -2.28. The Kier molecular flexibility index (Phi) is 6.63. The van der Waals surface area contributed by atoms with Gasteiger partial charge < -0.3 is 10.4 Å². The van der Waals surface area contributed by atoms with Crippen LogP contribution in [-0.2, 0) is 9.59 Å². The first-order chi connectivity index (χ1) is 6.57. The smallest absolute Gasteiger partial charge is 0.273 e. The SMILES string of the molecule is O=C(CCC(=O)N(O)O)NCCCO. The van der Waals surface area contributed by atoms with Gasteiger partial charge in [-0.05, 0) is 6.42 Å². The number of rotatable bonds is 6. The zero-order chi connectivity index (χ0) is 11.0. The molecule has 7 heteroatoms. The lowest BCUT2D eigenvalue weighted by molar-refractivity contribution is -0.285. The van der Waals surface area contributed by atoms with Crippen molar-refractivity contribution in [1.29, 1.82) is 0 Å². The van der Waals surface area contributed by atoms with E-state index in [4.69, 9.17) is 15.5 Å². The van der Waals surface area contributed by atoms with Crippen LogP contribution in [0.2, 0.25) is 0 Å². The molecule has 0 atom stereocenters. The molecule has 0 aliphatic carbocycles. The van der Waals surface area contributed by atoms with Gasteiger partial charge in [0.1, 0.15) is 0 Å². The molecule has 0 aliphatic rings. The standard InChI is InChI=1S/C7H14N2O5/c10-5-1-4-8-6(11)2-3-7(12)9(13)14/h10,13-14H,1-5H2,(H,8,11). The van der Waals surface area contributed by atoms with Crippen molar-refractivity contribution in [1.82, 2.24) is 10.5 Å². The zero-order valence-corrected chi connectivity index (χ0v) is 7.64. The quantitative estimate of drug-likeness (QED) is 0.250. The monoisotopic (exact) mass is 206 g/mol. The van der Waals surface area contributed by atoms with Crippen LogP contribution in [0.1, 0.15) is 19.3 Å². The predicted octanol–water partition coefficient (Wildman–Crippen LogP) is -1.13. The van der Waals surface area contributed by atoms with E-state index in [2.05, 4.69) is 5.32 Å². The van der Waals surface area contributed by atoms with E-state index in [1.54, 1.807) is 0 Å². The second-order valence-corrected chi connectivity index (χ2v) is 2.61. The van der Waals surface area contributed by atoms with E-state index in [0.29, 0.717) is 13.0 Å². The number of nitrogens with zero attached hydrogens (tertiary/aromatic N) is 1. The van der Waals surface area contributed by atoms with Crippen LogP contribution >= 0.6 is 0 Å². The fourth-order valence-electron chi connectivity index (χ4n) is 0.716. The molecule has 0 aliphatic heterocycles. The van der Waals surface area contributed by atoms with Gasteiger partial charge in [-0.15, -0.1) is 0 Å². The second-order valence-electron chi connectivity index (χ2n) is 2.61. The summed E-state index contributed by atoms with van der Waals surface area (Å²) in [6.45, 7) is 0.325. The van der Waals surface area contributed by atoms with Crippen LogP contribution < -0.4 is 5.32 Å². The normalized spacial score (nSPS) is 9.64. The van der Waals surface area contributed by atoms with Crippen molar-refractivity contribution in [2.45, 2.75) is 19.3 Å². The van der Waals surface area contributed by atoms with E-state index in [0.717, 1.165) is 0 Å². The highest BCUT2D eigenvalue weighted by Crippen LogP contribution is 1.92. The molecular formula is C7H14N2O5. The van der Waals surface area contributed by atoms with Crippen LogP contribution in [0.25, 0.3) is 0 Å². The molecule has 0 spiro atoms. The Morgan fingerprint density at radius 2 is 1.86 bits per heavy atom. The minimum absolute atomic E-state index is 0.0136. The molecule has 0 saturated carbocycles. The van der Waals surface area contributed by atoms with E-state index < -0.39 is 11.1 Å². The summed E-state index contributed by atoms with van der Waals surface area (Å²) in [4.78, 5) is 21.5. The summed E-state index contributed by atoms with van der Waals surface area (Å²) >= 11 is 0. The molecule has 0 rings (SSSR count). The largest absolute Gasteiger partial charge is 0.396 e. The van der Waals surface area contributed by atoms with E-state index in [-0.39, 0.29) is 25.4 Å². The van der Waals surface area contributed by atoms with E-state index in [1.165, 1.54) is 0 Å². The van der Waals surface area contributed by atoms with Crippen LogP contribution in [0.3, 0.4) is 0 Å². The van der Waals surface area contributed by atoms with Crippen molar-refractivity contribution < 1.29 is 25.1 Å². The molecule has 0 fully saturated rings. The number of aliphatic hydroxyl groups excluding tert-OH is 1. The molecule has 4 N–H and O–H groups in total. The zero-order valence-electron chi connectivity index (χ0n) is 7.64. The number of carbonyl (C=O) groups excluding carboxylic acids is 2. The molecule has 0 aromatic rings. The van der Waals surface area contributed by atoms with Gasteiger partial charge in [0.25, 0.3) is 5.91 Å². The lowest BCUT2D eigenvalue weighted by Gasteiger charge is -2.06. The summed E-state index contributed by atoms with van der Waals surface area (Å²) in [5, 5.41) is 26.7. The van der Waals surface area contributed by atoms with Crippen molar-refractivity contribution in [2.24, 2.45) is 0 Å². The Bertz CT molecular complexity index is 195. The fourth-order valence-corrected chi connectivity index (χ4v) is 0.716. The molecule has 14 heavy (non-hydrogen) atoms. The summed E-state index contributed by atoms with van der Waals surface area (Å²) in [6, 6.07) is 0. The van der Waals surface area contributed by atoms with Crippen molar-refractivity contribution in [3.8, 4) is 0 Å². The highest BCUT2D eigenvalue weighted by atomic mass is 16.8. The molecule has 0 aromatic heterocycles. The number of hydroxylamine groups is 2. The van der Waals surface area contributed by atoms with Crippen LogP contribution in [0.4, 0.5) is 0 Å². The van der Waals surface area contributed by atoms with Gasteiger partial charge in [-0.2, -0.15) is 0 Å². The number of amides is 2. The molecule has 82 valence electrons. The van der Waals surface area contributed by atoms with Crippen molar-refractivity contribution in [3.63, 3.8) is 0 Å². The van der Waals surface area contributed by atoms with Gasteiger partial charge in [0.05, 0.1) is 0 Å². The topological polar surface area (TPSA) is 110 Å². The van der Waals surface area contributed by atoms with Gasteiger partial charge in [0.2, 0.25) is 5.91 Å². The average Bonchev–Trinajstić information content (AvgIpc) is 2.14. The Balaban J connectivity index is 3.49. The van der Waals surface area contributed by atoms with E-state index in [9.17, 15) is 9.59 Å². The molecule has 0 bridgehead atoms. The summed E-state index contributed by atoms with van der Waals surface area (Å²) < 4.78 is 0. The minimum Gasteiger partial charge on any atom is -0.396 e. The summed E-state index contributed by atoms with van der Waals surface area (Å²) in [6.07, 6.45) is 0.0751. The molecule has 0 radical (unpaired) electrons.